The van der Waals surface area contributed by atoms with Crippen LogP contribution in [0.15, 0.2) is 5.38 Å². The second-order valence-electron chi connectivity index (χ2n) is 4.51. The molecule has 0 aromatic carbocycles. The van der Waals surface area contributed by atoms with Crippen LogP contribution < -0.4 is 0 Å². The second kappa shape index (κ2) is 5.25. The highest BCUT2D eigenvalue weighted by Gasteiger charge is 2.23. The first-order valence-corrected chi connectivity index (χ1v) is 6.86. The van der Waals surface area contributed by atoms with Gasteiger partial charge in [-0.1, -0.05) is 6.92 Å². The average Bonchev–Trinajstić information content (AvgIpc) is 2.71. The number of thiazole rings is 1. The van der Waals surface area contributed by atoms with Crippen LogP contribution in [0.2, 0.25) is 0 Å². The first kappa shape index (κ1) is 12.0. The summed E-state index contributed by atoms with van der Waals surface area (Å²) >= 11 is 1.77. The van der Waals surface area contributed by atoms with E-state index in [0.29, 0.717) is 12.1 Å². The number of morpholine rings is 1. The van der Waals surface area contributed by atoms with Crippen molar-refractivity contribution in [1.82, 2.24) is 9.88 Å². The largest absolute Gasteiger partial charge is 0.376 e. The maximum atomic E-state index is 5.62. The van der Waals surface area contributed by atoms with E-state index < -0.39 is 0 Å². The van der Waals surface area contributed by atoms with Crippen molar-refractivity contribution in [3.05, 3.63) is 16.1 Å². The van der Waals surface area contributed by atoms with Gasteiger partial charge in [-0.3, -0.25) is 4.90 Å². The third-order valence-corrected chi connectivity index (χ3v) is 4.05. The van der Waals surface area contributed by atoms with Gasteiger partial charge in [0, 0.05) is 24.5 Å². The van der Waals surface area contributed by atoms with Gasteiger partial charge in [-0.2, -0.15) is 0 Å². The molecule has 0 radical (unpaired) electrons. The number of nitrogens with zero attached hydrogens (tertiary/aromatic N) is 2. The Balaban J connectivity index is 1.97. The summed E-state index contributed by atoms with van der Waals surface area (Å²) in [4.78, 5) is 7.08. The summed E-state index contributed by atoms with van der Waals surface area (Å²) in [5.74, 6) is 0. The molecule has 3 nitrogen and oxygen atoms in total. The molecule has 1 saturated heterocycles. The van der Waals surface area contributed by atoms with Gasteiger partial charge < -0.3 is 4.74 Å². The van der Waals surface area contributed by atoms with Gasteiger partial charge in [0.2, 0.25) is 0 Å². The van der Waals surface area contributed by atoms with E-state index in [0.717, 1.165) is 26.1 Å². The van der Waals surface area contributed by atoms with E-state index in [9.17, 15) is 0 Å². The fourth-order valence-electron chi connectivity index (χ4n) is 1.98. The summed E-state index contributed by atoms with van der Waals surface area (Å²) in [6.45, 7) is 9.33. The zero-order valence-electron chi connectivity index (χ0n) is 10.3. The molecule has 0 unspecified atom stereocenters. The summed E-state index contributed by atoms with van der Waals surface area (Å²) in [5, 5.41) is 3.43. The van der Waals surface area contributed by atoms with Crippen LogP contribution in [-0.4, -0.2) is 35.2 Å². The molecule has 2 heterocycles. The highest BCUT2D eigenvalue weighted by Crippen LogP contribution is 2.17. The summed E-state index contributed by atoms with van der Waals surface area (Å²) < 4.78 is 5.62. The van der Waals surface area contributed by atoms with Crippen LogP contribution in [0.3, 0.4) is 0 Å². The SMILES string of the molecule is CCc1nc(CN2C[C@@H](C)OC[C@@H]2C)cs1. The molecule has 0 aliphatic carbocycles. The topological polar surface area (TPSA) is 25.4 Å². The summed E-state index contributed by atoms with van der Waals surface area (Å²) in [7, 11) is 0. The van der Waals surface area contributed by atoms with Crippen molar-refractivity contribution in [2.45, 2.75) is 45.9 Å². The fourth-order valence-corrected chi connectivity index (χ4v) is 2.72. The lowest BCUT2D eigenvalue weighted by molar-refractivity contribution is -0.0530. The molecule has 1 aliphatic heterocycles. The first-order valence-electron chi connectivity index (χ1n) is 5.98. The molecule has 0 bridgehead atoms. The van der Waals surface area contributed by atoms with E-state index in [1.54, 1.807) is 11.3 Å². The van der Waals surface area contributed by atoms with Crippen LogP contribution in [0.25, 0.3) is 0 Å². The van der Waals surface area contributed by atoms with Gasteiger partial charge in [-0.25, -0.2) is 4.98 Å². The van der Waals surface area contributed by atoms with Crippen molar-refractivity contribution in [3.63, 3.8) is 0 Å². The molecular weight excluding hydrogens is 220 g/mol. The molecule has 16 heavy (non-hydrogen) atoms. The van der Waals surface area contributed by atoms with Crippen molar-refractivity contribution in [2.24, 2.45) is 0 Å². The van der Waals surface area contributed by atoms with Gasteiger partial charge >= 0.3 is 0 Å². The summed E-state index contributed by atoms with van der Waals surface area (Å²) in [6, 6.07) is 0.503. The molecule has 0 saturated carbocycles. The minimum absolute atomic E-state index is 0.348. The zero-order chi connectivity index (χ0) is 11.5. The average molecular weight is 240 g/mol. The van der Waals surface area contributed by atoms with Crippen molar-refractivity contribution < 1.29 is 4.74 Å². The van der Waals surface area contributed by atoms with E-state index in [2.05, 4.69) is 36.0 Å². The molecule has 1 aliphatic rings. The molecule has 0 N–H and O–H groups in total. The zero-order valence-corrected chi connectivity index (χ0v) is 11.1. The van der Waals surface area contributed by atoms with Gasteiger partial charge in [0.15, 0.2) is 0 Å². The Labute approximate surface area is 101 Å². The Hall–Kier alpha value is -0.450. The number of hydrogen-bond acceptors (Lipinski definition) is 4. The smallest absolute Gasteiger partial charge is 0.0926 e. The third-order valence-electron chi connectivity index (χ3n) is 3.00. The number of rotatable bonds is 3. The highest BCUT2D eigenvalue weighted by atomic mass is 32.1. The molecule has 4 heteroatoms. The molecular formula is C12H20N2OS. The number of aromatic nitrogens is 1. The van der Waals surface area contributed by atoms with Gasteiger partial charge in [0.25, 0.3) is 0 Å². The molecule has 90 valence electrons. The Bertz CT molecular complexity index is 340. The predicted molar refractivity (Wildman–Crippen MR) is 66.8 cm³/mol. The molecule has 1 aromatic rings. The van der Waals surface area contributed by atoms with E-state index >= 15 is 0 Å². The molecule has 1 aromatic heterocycles. The molecule has 2 rings (SSSR count). The van der Waals surface area contributed by atoms with E-state index in [1.165, 1.54) is 10.7 Å². The number of aryl methyl sites for hydroxylation is 1. The van der Waals surface area contributed by atoms with Crippen LogP contribution in [0.5, 0.6) is 0 Å². The maximum Gasteiger partial charge on any atom is 0.0926 e. The molecule has 2 atom stereocenters. The monoisotopic (exact) mass is 240 g/mol. The summed E-state index contributed by atoms with van der Waals surface area (Å²) in [5.41, 5.74) is 1.21. The van der Waals surface area contributed by atoms with Gasteiger partial charge in [-0.05, 0) is 20.3 Å². The Morgan fingerprint density at radius 3 is 3.06 bits per heavy atom. The predicted octanol–water partition coefficient (Wildman–Crippen LogP) is 2.31. The second-order valence-corrected chi connectivity index (χ2v) is 5.45. The standard InChI is InChI=1S/C12H20N2OS/c1-4-12-13-11(8-16-12)6-14-5-10(3)15-7-9(14)2/h8-10H,4-7H2,1-3H3/t9-,10+/m0/s1. The van der Waals surface area contributed by atoms with Crippen LogP contribution in [0.4, 0.5) is 0 Å². The van der Waals surface area contributed by atoms with Crippen molar-refractivity contribution in [3.8, 4) is 0 Å². The van der Waals surface area contributed by atoms with Crippen LogP contribution in [0.1, 0.15) is 31.5 Å². The van der Waals surface area contributed by atoms with Crippen molar-refractivity contribution >= 4 is 11.3 Å². The van der Waals surface area contributed by atoms with Crippen LogP contribution in [0, 0.1) is 0 Å². The summed E-state index contributed by atoms with van der Waals surface area (Å²) in [6.07, 6.45) is 1.39. The number of ether oxygens (including phenoxy) is 1. The van der Waals surface area contributed by atoms with E-state index in [-0.39, 0.29) is 0 Å². The Kier molecular flexibility index (Phi) is 3.95. The number of hydrogen-bond donors (Lipinski definition) is 0. The highest BCUT2D eigenvalue weighted by molar-refractivity contribution is 7.09. The quantitative estimate of drug-likeness (QED) is 0.810. The molecule has 0 spiro atoms. The van der Waals surface area contributed by atoms with Crippen molar-refractivity contribution in [1.29, 1.82) is 0 Å². The third kappa shape index (κ3) is 2.81. The lowest BCUT2D eigenvalue weighted by Crippen LogP contribution is -2.46. The Morgan fingerprint density at radius 1 is 1.56 bits per heavy atom. The van der Waals surface area contributed by atoms with Crippen LogP contribution in [-0.2, 0) is 17.7 Å². The van der Waals surface area contributed by atoms with Crippen LogP contribution >= 0.6 is 11.3 Å². The van der Waals surface area contributed by atoms with Gasteiger partial charge in [-0.15, -0.1) is 11.3 Å². The maximum absolute atomic E-state index is 5.62. The molecule has 1 fully saturated rings. The van der Waals surface area contributed by atoms with Gasteiger partial charge in [0.1, 0.15) is 0 Å². The lowest BCUT2D eigenvalue weighted by Gasteiger charge is -2.36. The normalized spacial score (nSPS) is 27.2. The first-order chi connectivity index (χ1) is 7.69. The minimum atomic E-state index is 0.348. The van der Waals surface area contributed by atoms with Crippen molar-refractivity contribution in [2.75, 3.05) is 13.2 Å². The molecule has 0 amide bonds. The van der Waals surface area contributed by atoms with E-state index in [4.69, 9.17) is 4.74 Å². The fraction of sp³-hybridized carbons (Fsp3) is 0.750. The minimum Gasteiger partial charge on any atom is -0.376 e. The van der Waals surface area contributed by atoms with Gasteiger partial charge in [0.05, 0.1) is 23.4 Å². The Morgan fingerprint density at radius 2 is 2.38 bits per heavy atom. The van der Waals surface area contributed by atoms with E-state index in [1.807, 2.05) is 0 Å². The lowest BCUT2D eigenvalue weighted by atomic mass is 10.2.